The molecule has 4 aromatic rings. The standard InChI is InChI=1S/C22H26ClN3O2S2.C20H20Cl3N3O2S2/c1-16-7-8-18(14-17(16)2)19-15-29-21(24-19)25-10-12-26(13-11-25)30(27,28)20-6-4-5-9-22(20,3)23;1-20(23)7-3-2-4-18(20)30(27,28)26-10-8-25(9-11-26)19-24-17(13-29-19)14-5-6-15(21)16(22)12-14/h4-9,14-15,20H,10-13H2,1-3H3;2-7,12-13,18H,8-11H2,1H3. The number of aryl methyl sites for hydroxylation is 2. The summed E-state index contributed by atoms with van der Waals surface area (Å²) in [6, 6.07) is 11.8. The first-order chi connectivity index (χ1) is 28.4. The SMILES string of the molecule is CC1(Cl)C=CC=CC1S(=O)(=O)N1CCN(c2nc(-c3ccc(Cl)c(Cl)c3)cs2)CC1.Cc1ccc(-c2csc(N3CCN(S(=O)(=O)C4C=CC=CC4(C)Cl)CC3)n2)cc1C. The van der Waals surface area contributed by atoms with Crippen molar-refractivity contribution < 1.29 is 16.8 Å². The molecule has 2 aliphatic heterocycles. The Morgan fingerprint density at radius 2 is 1.03 bits per heavy atom. The van der Waals surface area contributed by atoms with Gasteiger partial charge in [-0.2, -0.15) is 8.61 Å². The van der Waals surface area contributed by atoms with Crippen molar-refractivity contribution in [2.75, 3.05) is 62.2 Å². The molecule has 4 unspecified atom stereocenters. The van der Waals surface area contributed by atoms with Gasteiger partial charge < -0.3 is 9.80 Å². The summed E-state index contributed by atoms with van der Waals surface area (Å²) < 4.78 is 55.7. The number of nitrogens with zero attached hydrogens (tertiary/aromatic N) is 6. The summed E-state index contributed by atoms with van der Waals surface area (Å²) in [6.45, 7) is 11.7. The maximum absolute atomic E-state index is 13.2. The van der Waals surface area contributed by atoms with E-state index in [2.05, 4.69) is 47.2 Å². The van der Waals surface area contributed by atoms with E-state index < -0.39 is 40.3 Å². The Morgan fingerprint density at radius 1 is 0.600 bits per heavy atom. The molecule has 2 fully saturated rings. The molecule has 18 heteroatoms. The number of halogens is 4. The average molecular weight is 969 g/mol. The van der Waals surface area contributed by atoms with Crippen LogP contribution in [-0.4, -0.2) is 108 Å². The van der Waals surface area contributed by atoms with Crippen LogP contribution < -0.4 is 9.80 Å². The Hall–Kier alpha value is -2.76. The van der Waals surface area contributed by atoms with Crippen LogP contribution in [0.1, 0.15) is 25.0 Å². The van der Waals surface area contributed by atoms with Crippen molar-refractivity contribution in [1.29, 1.82) is 0 Å². The van der Waals surface area contributed by atoms with E-state index in [0.717, 1.165) is 32.8 Å². The van der Waals surface area contributed by atoms with Crippen LogP contribution >= 0.6 is 69.1 Å². The second-order valence-electron chi connectivity index (χ2n) is 15.5. The third-order valence-corrected chi connectivity index (χ3v) is 19.4. The first-order valence-electron chi connectivity index (χ1n) is 19.4. The highest BCUT2D eigenvalue weighted by molar-refractivity contribution is 7.90. The van der Waals surface area contributed by atoms with Crippen molar-refractivity contribution in [2.24, 2.45) is 0 Å². The number of sulfonamides is 2. The summed E-state index contributed by atoms with van der Waals surface area (Å²) in [5, 5.41) is 5.30. The molecule has 0 bridgehead atoms. The van der Waals surface area contributed by atoms with Crippen molar-refractivity contribution in [3.05, 3.63) is 117 Å². The molecule has 8 rings (SSSR count). The number of hydrogen-bond acceptors (Lipinski definition) is 10. The van der Waals surface area contributed by atoms with Gasteiger partial charge in [-0.25, -0.2) is 26.8 Å². The highest BCUT2D eigenvalue weighted by Gasteiger charge is 2.44. The van der Waals surface area contributed by atoms with E-state index >= 15 is 0 Å². The lowest BCUT2D eigenvalue weighted by Gasteiger charge is -2.38. The van der Waals surface area contributed by atoms with E-state index in [4.69, 9.17) is 56.4 Å². The number of anilines is 2. The van der Waals surface area contributed by atoms with Crippen LogP contribution in [0.2, 0.25) is 10.0 Å². The molecule has 0 spiro atoms. The normalized spacial score (nSPS) is 25.1. The number of aromatic nitrogens is 2. The Labute approximate surface area is 381 Å². The van der Waals surface area contributed by atoms with Crippen LogP contribution in [-0.2, 0) is 20.0 Å². The van der Waals surface area contributed by atoms with Gasteiger partial charge in [0, 0.05) is 74.2 Å². The first-order valence-corrected chi connectivity index (χ1v) is 25.7. The fraction of sp³-hybridized carbons (Fsp3) is 0.381. The summed E-state index contributed by atoms with van der Waals surface area (Å²) in [6.07, 6.45) is 13.9. The topological polar surface area (TPSA) is 107 Å². The molecule has 60 heavy (non-hydrogen) atoms. The molecule has 4 aliphatic rings. The zero-order valence-corrected chi connectivity index (χ0v) is 39.8. The third kappa shape index (κ3) is 9.73. The number of rotatable bonds is 8. The smallest absolute Gasteiger partial charge is 0.222 e. The molecule has 2 aromatic heterocycles. The third-order valence-electron chi connectivity index (χ3n) is 11.1. The van der Waals surface area contributed by atoms with Gasteiger partial charge in [0.15, 0.2) is 10.3 Å². The van der Waals surface area contributed by atoms with Crippen molar-refractivity contribution in [2.45, 2.75) is 47.9 Å². The van der Waals surface area contributed by atoms with E-state index in [1.165, 1.54) is 26.8 Å². The molecule has 320 valence electrons. The van der Waals surface area contributed by atoms with Crippen LogP contribution in [0.4, 0.5) is 10.3 Å². The van der Waals surface area contributed by atoms with Crippen LogP contribution in [0.15, 0.2) is 95.8 Å². The fourth-order valence-electron chi connectivity index (χ4n) is 7.39. The predicted octanol–water partition coefficient (Wildman–Crippen LogP) is 9.43. The molecule has 2 aliphatic carbocycles. The molecular formula is C42H46Cl4N6O4S4. The number of allylic oxidation sites excluding steroid dienone is 6. The van der Waals surface area contributed by atoms with Crippen molar-refractivity contribution in [1.82, 2.24) is 18.6 Å². The van der Waals surface area contributed by atoms with Crippen LogP contribution in [0.5, 0.6) is 0 Å². The molecular weight excluding hydrogens is 923 g/mol. The Balaban J connectivity index is 0.000000181. The molecule has 4 atom stereocenters. The van der Waals surface area contributed by atoms with Gasteiger partial charge in [0.2, 0.25) is 20.0 Å². The van der Waals surface area contributed by atoms with Crippen LogP contribution in [0.25, 0.3) is 22.5 Å². The van der Waals surface area contributed by atoms with Gasteiger partial charge in [0.1, 0.15) is 10.5 Å². The molecule has 0 N–H and O–H groups in total. The quantitative estimate of drug-likeness (QED) is 0.161. The number of alkyl halides is 2. The van der Waals surface area contributed by atoms with E-state index in [9.17, 15) is 16.8 Å². The lowest BCUT2D eigenvalue weighted by atomic mass is 10.0. The molecule has 2 saturated heterocycles. The minimum absolute atomic E-state index is 0.394. The van der Waals surface area contributed by atoms with Gasteiger partial charge in [0.25, 0.3) is 0 Å². The van der Waals surface area contributed by atoms with E-state index in [1.807, 2.05) is 11.4 Å². The molecule has 4 heterocycles. The maximum atomic E-state index is 13.2. The Morgan fingerprint density at radius 3 is 1.45 bits per heavy atom. The van der Waals surface area contributed by atoms with Gasteiger partial charge in [-0.15, -0.1) is 45.9 Å². The summed E-state index contributed by atoms with van der Waals surface area (Å²) in [5.41, 5.74) is 6.31. The van der Waals surface area contributed by atoms with Gasteiger partial charge in [-0.3, -0.25) is 0 Å². The van der Waals surface area contributed by atoms with Crippen molar-refractivity contribution in [3.8, 4) is 22.5 Å². The highest BCUT2D eigenvalue weighted by atomic mass is 35.5. The summed E-state index contributed by atoms with van der Waals surface area (Å²) in [4.78, 5) is 11.9. The van der Waals surface area contributed by atoms with E-state index in [1.54, 1.807) is 90.2 Å². The second kappa shape index (κ2) is 18.1. The molecule has 2 aromatic carbocycles. The lowest BCUT2D eigenvalue weighted by molar-refractivity contribution is 0.378. The fourth-order valence-corrected chi connectivity index (χ4v) is 14.3. The number of hydrogen-bond donors (Lipinski definition) is 0. The van der Waals surface area contributed by atoms with Gasteiger partial charge in [0.05, 0.1) is 31.2 Å². The van der Waals surface area contributed by atoms with Gasteiger partial charge in [-0.05, 0) is 57.0 Å². The maximum Gasteiger partial charge on any atom is 0.222 e. The van der Waals surface area contributed by atoms with Gasteiger partial charge in [-0.1, -0.05) is 90.0 Å². The average Bonchev–Trinajstić information content (AvgIpc) is 3.92. The Kier molecular flexibility index (Phi) is 13.7. The van der Waals surface area contributed by atoms with Crippen LogP contribution in [0.3, 0.4) is 0 Å². The number of thiazole rings is 2. The number of benzene rings is 2. The largest absolute Gasteiger partial charge is 0.345 e. The zero-order valence-electron chi connectivity index (χ0n) is 33.5. The molecule has 10 nitrogen and oxygen atoms in total. The summed E-state index contributed by atoms with van der Waals surface area (Å²) in [5.74, 6) is 0. The molecule has 0 amide bonds. The van der Waals surface area contributed by atoms with E-state index in [-0.39, 0.29) is 0 Å². The highest BCUT2D eigenvalue weighted by Crippen LogP contribution is 2.36. The monoisotopic (exact) mass is 966 g/mol. The summed E-state index contributed by atoms with van der Waals surface area (Å²) in [7, 11) is -7.08. The predicted molar refractivity (Wildman–Crippen MR) is 253 cm³/mol. The number of piperazine rings is 2. The van der Waals surface area contributed by atoms with E-state index in [0.29, 0.717) is 62.4 Å². The second-order valence-corrected chi connectivity index (χ2v) is 23.7. The minimum atomic E-state index is -3.55. The Bertz CT molecular complexity index is 2380. The van der Waals surface area contributed by atoms with Gasteiger partial charge >= 0.3 is 0 Å². The first kappa shape index (κ1) is 45.3. The van der Waals surface area contributed by atoms with Crippen molar-refractivity contribution >= 4 is 99.4 Å². The molecule has 0 saturated carbocycles. The van der Waals surface area contributed by atoms with Crippen LogP contribution in [0, 0.1) is 13.8 Å². The lowest BCUT2D eigenvalue weighted by Crippen LogP contribution is -2.54. The molecule has 0 radical (unpaired) electrons. The summed E-state index contributed by atoms with van der Waals surface area (Å²) >= 11 is 28.2. The van der Waals surface area contributed by atoms with Crippen molar-refractivity contribution in [3.63, 3.8) is 0 Å². The minimum Gasteiger partial charge on any atom is -0.345 e. The zero-order chi connectivity index (χ0) is 43.0.